The smallest absolute Gasteiger partial charge is 0.382 e. The van der Waals surface area contributed by atoms with Crippen LogP contribution in [-0.4, -0.2) is 74.3 Å². The number of carbonyl (C=O) groups excluding carboxylic acids is 2. The molecule has 2 N–H and O–H groups in total. The number of methoxy groups -OCH3 is 1. The Morgan fingerprint density at radius 3 is 2.76 bits per heavy atom. The summed E-state index contributed by atoms with van der Waals surface area (Å²) in [6.07, 6.45) is 1.52. The summed E-state index contributed by atoms with van der Waals surface area (Å²) >= 11 is 0. The zero-order valence-electron chi connectivity index (χ0n) is 11.3. The average Bonchev–Trinajstić information content (AvgIpc) is 2.66. The third-order valence-electron chi connectivity index (χ3n) is 3.22. The van der Waals surface area contributed by atoms with Crippen molar-refractivity contribution in [2.45, 2.75) is 12.1 Å². The van der Waals surface area contributed by atoms with Gasteiger partial charge >= 0.3 is 16.4 Å². The van der Waals surface area contributed by atoms with Crippen LogP contribution in [0.5, 0.6) is 0 Å². The molecule has 0 aromatic rings. The van der Waals surface area contributed by atoms with Crippen molar-refractivity contribution in [2.75, 3.05) is 27.3 Å². The van der Waals surface area contributed by atoms with E-state index in [2.05, 4.69) is 9.60 Å². The van der Waals surface area contributed by atoms with Gasteiger partial charge < -0.3 is 15.0 Å². The zero-order chi connectivity index (χ0) is 15.8. The molecule has 0 radical (unpaired) electrons. The maximum Gasteiger partial charge on any atom is 0.418 e. The quantitative estimate of drug-likeness (QED) is 0.592. The molecule has 2 aliphatic heterocycles. The van der Waals surface area contributed by atoms with Gasteiger partial charge in [0, 0.05) is 19.7 Å². The second-order valence-corrected chi connectivity index (χ2v) is 5.51. The molecule has 1 fully saturated rings. The standard InChI is InChI=1S/C10H15N3O7S/c1-11-9(14)7-3-6(5-19-2)12-4-8(7)13(10(12)15)20-21(16,17)18/h3,6,8H,4-5H2,1-2H3,(H,11,14)(H,16,17,18)/t6-,8+/m0/s1. The van der Waals surface area contributed by atoms with Crippen LogP contribution in [0.15, 0.2) is 11.6 Å². The predicted octanol–water partition coefficient (Wildman–Crippen LogP) is -1.47. The summed E-state index contributed by atoms with van der Waals surface area (Å²) in [5.41, 5.74) is 0.172. The van der Waals surface area contributed by atoms with Crippen LogP contribution in [-0.2, 0) is 24.2 Å². The fourth-order valence-corrected chi connectivity index (χ4v) is 2.74. The van der Waals surface area contributed by atoms with Crippen molar-refractivity contribution in [1.29, 1.82) is 0 Å². The Morgan fingerprint density at radius 2 is 2.24 bits per heavy atom. The Labute approximate surface area is 121 Å². The molecule has 0 aromatic heterocycles. The minimum Gasteiger partial charge on any atom is -0.382 e. The van der Waals surface area contributed by atoms with Crippen LogP contribution in [0.2, 0.25) is 0 Å². The molecule has 2 atom stereocenters. The van der Waals surface area contributed by atoms with Gasteiger partial charge in [-0.25, -0.2) is 4.79 Å². The van der Waals surface area contributed by atoms with Gasteiger partial charge in [-0.1, -0.05) is 0 Å². The van der Waals surface area contributed by atoms with E-state index in [1.54, 1.807) is 0 Å². The van der Waals surface area contributed by atoms with Gasteiger partial charge in [-0.05, 0) is 6.08 Å². The van der Waals surface area contributed by atoms with E-state index < -0.39 is 34.4 Å². The molecule has 2 rings (SSSR count). The van der Waals surface area contributed by atoms with E-state index in [-0.39, 0.29) is 18.7 Å². The molecule has 10 nitrogen and oxygen atoms in total. The molecular weight excluding hydrogens is 306 g/mol. The van der Waals surface area contributed by atoms with Gasteiger partial charge in [-0.2, -0.15) is 13.5 Å². The number of likely N-dealkylation sites (N-methyl/N-ethyl adjacent to an activating group) is 1. The Balaban J connectivity index is 2.37. The molecule has 2 heterocycles. The number of hydroxylamine groups is 2. The molecule has 118 valence electrons. The van der Waals surface area contributed by atoms with E-state index in [4.69, 9.17) is 9.29 Å². The van der Waals surface area contributed by atoms with Gasteiger partial charge in [-0.3, -0.25) is 9.35 Å². The molecule has 3 amide bonds. The minimum absolute atomic E-state index is 0.0572. The Kier molecular flexibility index (Phi) is 4.18. The summed E-state index contributed by atoms with van der Waals surface area (Å²) in [5, 5.41) is 2.88. The molecule has 1 saturated heterocycles. The van der Waals surface area contributed by atoms with Gasteiger partial charge in [0.2, 0.25) is 5.91 Å². The van der Waals surface area contributed by atoms with Gasteiger partial charge in [-0.15, -0.1) is 4.28 Å². The van der Waals surface area contributed by atoms with E-state index in [1.165, 1.54) is 25.1 Å². The van der Waals surface area contributed by atoms with Crippen molar-refractivity contribution in [3.8, 4) is 0 Å². The maximum atomic E-state index is 12.1. The van der Waals surface area contributed by atoms with Crippen molar-refractivity contribution in [3.05, 3.63) is 11.6 Å². The first-order chi connectivity index (χ1) is 9.78. The summed E-state index contributed by atoms with van der Waals surface area (Å²) in [7, 11) is -2.03. The van der Waals surface area contributed by atoms with Crippen molar-refractivity contribution in [2.24, 2.45) is 0 Å². The number of rotatable bonds is 5. The first-order valence-corrected chi connectivity index (χ1v) is 7.34. The van der Waals surface area contributed by atoms with Crippen LogP contribution in [0.1, 0.15) is 0 Å². The first kappa shape index (κ1) is 15.7. The molecule has 0 spiro atoms. The van der Waals surface area contributed by atoms with Gasteiger partial charge in [0.05, 0.1) is 19.2 Å². The number of ether oxygens (including phenoxy) is 1. The molecule has 0 saturated carbocycles. The Hall–Kier alpha value is -1.69. The molecule has 2 bridgehead atoms. The molecular formula is C10H15N3O7S. The summed E-state index contributed by atoms with van der Waals surface area (Å²) in [6, 6.07) is -2.22. The SMILES string of the molecule is CNC(=O)C1=C[C@@H](COC)N2C[C@H]1N(OS(=O)(=O)O)C2=O. The Bertz CT molecular complexity index is 587. The molecule has 2 aliphatic rings. The van der Waals surface area contributed by atoms with Crippen molar-refractivity contribution in [1.82, 2.24) is 15.3 Å². The van der Waals surface area contributed by atoms with Crippen LogP contribution in [0, 0.1) is 0 Å². The van der Waals surface area contributed by atoms with E-state index >= 15 is 0 Å². The van der Waals surface area contributed by atoms with Crippen LogP contribution >= 0.6 is 0 Å². The lowest BCUT2D eigenvalue weighted by Crippen LogP contribution is -2.43. The van der Waals surface area contributed by atoms with Crippen LogP contribution in [0.3, 0.4) is 0 Å². The summed E-state index contributed by atoms with van der Waals surface area (Å²) in [4.78, 5) is 25.3. The lowest BCUT2D eigenvalue weighted by atomic mass is 9.99. The fourth-order valence-electron chi connectivity index (χ4n) is 2.37. The highest BCUT2D eigenvalue weighted by Gasteiger charge is 2.49. The first-order valence-electron chi connectivity index (χ1n) is 5.98. The molecule has 21 heavy (non-hydrogen) atoms. The number of fused-ring (bicyclic) bond motifs is 2. The normalized spacial score (nSPS) is 25.1. The second-order valence-electron chi connectivity index (χ2n) is 4.50. The van der Waals surface area contributed by atoms with E-state index in [0.29, 0.717) is 5.06 Å². The molecule has 0 aromatic carbocycles. The van der Waals surface area contributed by atoms with Crippen molar-refractivity contribution >= 4 is 22.3 Å². The van der Waals surface area contributed by atoms with Crippen molar-refractivity contribution < 1.29 is 31.6 Å². The highest BCUT2D eigenvalue weighted by atomic mass is 32.3. The number of nitrogens with zero attached hydrogens (tertiary/aromatic N) is 2. The summed E-state index contributed by atoms with van der Waals surface area (Å²) < 4.78 is 39.7. The number of hydrogen-bond donors (Lipinski definition) is 2. The number of urea groups is 1. The van der Waals surface area contributed by atoms with Crippen LogP contribution in [0.25, 0.3) is 0 Å². The summed E-state index contributed by atoms with van der Waals surface area (Å²) in [6.45, 7) is 0.195. The Morgan fingerprint density at radius 1 is 1.57 bits per heavy atom. The second kappa shape index (κ2) is 5.60. The number of hydrogen-bond acceptors (Lipinski definition) is 6. The van der Waals surface area contributed by atoms with Gasteiger partial charge in [0.15, 0.2) is 0 Å². The molecule has 0 aliphatic carbocycles. The summed E-state index contributed by atoms with van der Waals surface area (Å²) in [5.74, 6) is -0.473. The van der Waals surface area contributed by atoms with Crippen LogP contribution in [0.4, 0.5) is 4.79 Å². The number of nitrogens with one attached hydrogen (secondary N) is 1. The maximum absolute atomic E-state index is 12.1. The van der Waals surface area contributed by atoms with E-state index in [1.807, 2.05) is 0 Å². The third-order valence-corrected chi connectivity index (χ3v) is 3.57. The lowest BCUT2D eigenvalue weighted by molar-refractivity contribution is -0.118. The van der Waals surface area contributed by atoms with E-state index in [0.717, 1.165) is 0 Å². The number of carbonyl (C=O) groups is 2. The highest BCUT2D eigenvalue weighted by Crippen LogP contribution is 2.31. The minimum atomic E-state index is -4.88. The largest absolute Gasteiger partial charge is 0.418 e. The number of amides is 3. The monoisotopic (exact) mass is 321 g/mol. The zero-order valence-corrected chi connectivity index (χ0v) is 12.2. The van der Waals surface area contributed by atoms with E-state index in [9.17, 15) is 18.0 Å². The van der Waals surface area contributed by atoms with Crippen molar-refractivity contribution in [3.63, 3.8) is 0 Å². The predicted molar refractivity (Wildman–Crippen MR) is 68.2 cm³/mol. The van der Waals surface area contributed by atoms with Crippen LogP contribution < -0.4 is 5.32 Å². The van der Waals surface area contributed by atoms with Gasteiger partial charge in [0.25, 0.3) is 0 Å². The fraction of sp³-hybridized carbons (Fsp3) is 0.600. The lowest BCUT2D eigenvalue weighted by Gasteiger charge is -2.28. The highest BCUT2D eigenvalue weighted by molar-refractivity contribution is 7.80. The topological polar surface area (TPSA) is 125 Å². The molecule has 11 heteroatoms. The third kappa shape index (κ3) is 3.00. The molecule has 0 unspecified atom stereocenters. The average molecular weight is 321 g/mol. The van der Waals surface area contributed by atoms with Gasteiger partial charge in [0.1, 0.15) is 6.04 Å².